The van der Waals surface area contributed by atoms with E-state index in [-0.39, 0.29) is 11.7 Å². The van der Waals surface area contributed by atoms with Crippen molar-refractivity contribution in [3.8, 4) is 11.1 Å². The summed E-state index contributed by atoms with van der Waals surface area (Å²) in [4.78, 5) is 14.1. The Bertz CT molecular complexity index is 796. The van der Waals surface area contributed by atoms with Crippen molar-refractivity contribution in [2.45, 2.75) is 18.9 Å². The van der Waals surface area contributed by atoms with Crippen LogP contribution in [0.5, 0.6) is 0 Å². The lowest BCUT2D eigenvalue weighted by molar-refractivity contribution is -0.134. The molecule has 0 fully saturated rings. The van der Waals surface area contributed by atoms with E-state index in [1.54, 1.807) is 12.1 Å². The molecule has 1 heterocycles. The summed E-state index contributed by atoms with van der Waals surface area (Å²) in [7, 11) is 0. The smallest absolute Gasteiger partial charge is 0.293 e. The van der Waals surface area contributed by atoms with E-state index < -0.39 is 6.10 Å². The van der Waals surface area contributed by atoms with Gasteiger partial charge in [0.1, 0.15) is 11.9 Å². The number of hydrogen-bond donors (Lipinski definition) is 1. The van der Waals surface area contributed by atoms with Gasteiger partial charge in [-0.3, -0.25) is 4.79 Å². The van der Waals surface area contributed by atoms with E-state index in [4.69, 9.17) is 4.74 Å². The molecule has 24 heavy (non-hydrogen) atoms. The summed E-state index contributed by atoms with van der Waals surface area (Å²) in [6, 6.07) is 16.0. The average molecular weight is 323 g/mol. The molecule has 3 nitrogen and oxygen atoms in total. The quantitative estimate of drug-likeness (QED) is 0.660. The third-order valence-corrected chi connectivity index (χ3v) is 4.21. The van der Waals surface area contributed by atoms with E-state index in [1.165, 1.54) is 12.1 Å². The Hall–Kier alpha value is -2.88. The highest BCUT2D eigenvalue weighted by Gasteiger charge is 2.25. The zero-order valence-corrected chi connectivity index (χ0v) is 13.3. The number of hydrogen-bond acceptors (Lipinski definition) is 2. The highest BCUT2D eigenvalue weighted by molar-refractivity contribution is 5.67. The second-order valence-corrected chi connectivity index (χ2v) is 5.68. The van der Waals surface area contributed by atoms with E-state index in [2.05, 4.69) is 4.98 Å². The molecule has 122 valence electrons. The van der Waals surface area contributed by atoms with Crippen LogP contribution >= 0.6 is 0 Å². The number of aromatic nitrogens is 1. The number of halogens is 1. The van der Waals surface area contributed by atoms with E-state index in [1.807, 2.05) is 49.6 Å². The first-order valence-electron chi connectivity index (χ1n) is 7.77. The second kappa shape index (κ2) is 7.13. The minimum atomic E-state index is -0.485. The maximum Gasteiger partial charge on any atom is 0.293 e. The minimum Gasteiger partial charge on any atom is -0.459 e. The summed E-state index contributed by atoms with van der Waals surface area (Å²) < 4.78 is 18.5. The zero-order valence-electron chi connectivity index (χ0n) is 13.3. The van der Waals surface area contributed by atoms with E-state index >= 15 is 0 Å². The summed E-state index contributed by atoms with van der Waals surface area (Å²) in [6.45, 7) is 2.44. The topological polar surface area (TPSA) is 42.1 Å². The Balaban J connectivity index is 1.97. The number of benzene rings is 2. The van der Waals surface area contributed by atoms with Crippen LogP contribution in [0.15, 0.2) is 67.0 Å². The summed E-state index contributed by atoms with van der Waals surface area (Å²) in [5.41, 5.74) is 3.95. The van der Waals surface area contributed by atoms with Gasteiger partial charge >= 0.3 is 0 Å². The van der Waals surface area contributed by atoms with Crippen molar-refractivity contribution in [1.82, 2.24) is 4.98 Å². The molecule has 4 heteroatoms. The van der Waals surface area contributed by atoms with Gasteiger partial charge in [0.25, 0.3) is 6.47 Å². The molecule has 3 rings (SSSR count). The lowest BCUT2D eigenvalue weighted by Crippen LogP contribution is -2.12. The number of nitrogens with one attached hydrogen (secondary N) is 1. The van der Waals surface area contributed by atoms with Gasteiger partial charge in [-0.15, -0.1) is 0 Å². The summed E-state index contributed by atoms with van der Waals surface area (Å²) in [6.07, 6.45) is 3.36. The molecule has 0 radical (unpaired) electrons. The van der Waals surface area contributed by atoms with Gasteiger partial charge in [-0.2, -0.15) is 0 Å². The van der Waals surface area contributed by atoms with Crippen LogP contribution in [0.2, 0.25) is 0 Å². The summed E-state index contributed by atoms with van der Waals surface area (Å²) in [5, 5.41) is 0. The van der Waals surface area contributed by atoms with E-state index in [9.17, 15) is 9.18 Å². The van der Waals surface area contributed by atoms with Crippen molar-refractivity contribution in [2.75, 3.05) is 0 Å². The second-order valence-electron chi connectivity index (χ2n) is 5.68. The molecule has 1 N–H and O–H groups in total. The summed E-state index contributed by atoms with van der Waals surface area (Å²) in [5.74, 6) is -0.412. The van der Waals surface area contributed by atoms with Crippen LogP contribution in [0.3, 0.4) is 0 Å². The molecule has 0 saturated heterocycles. The van der Waals surface area contributed by atoms with Crippen LogP contribution in [0.1, 0.15) is 30.1 Å². The molecule has 0 saturated carbocycles. The first-order chi connectivity index (χ1) is 11.7. The van der Waals surface area contributed by atoms with Gasteiger partial charge in [0.05, 0.1) is 0 Å². The molecule has 2 atom stereocenters. The third-order valence-electron chi connectivity index (χ3n) is 4.21. The van der Waals surface area contributed by atoms with E-state index in [0.717, 1.165) is 22.3 Å². The lowest BCUT2D eigenvalue weighted by atomic mass is 9.88. The first kappa shape index (κ1) is 16.0. The SMILES string of the molecule is CC(c1c[nH]cc1-c1ccccc1)C(OC=O)c1ccc(F)cc1. The van der Waals surface area contributed by atoms with Crippen molar-refractivity contribution in [2.24, 2.45) is 0 Å². The maximum absolute atomic E-state index is 13.2. The number of H-pyrrole nitrogens is 1. The average Bonchev–Trinajstić information content (AvgIpc) is 3.10. The van der Waals surface area contributed by atoms with Crippen LogP contribution in [0, 0.1) is 5.82 Å². The van der Waals surface area contributed by atoms with E-state index in [0.29, 0.717) is 6.47 Å². The van der Waals surface area contributed by atoms with Gasteiger partial charge in [0, 0.05) is 23.9 Å². The number of carbonyl (C=O) groups excluding carboxylic acids is 1. The third kappa shape index (κ3) is 3.23. The standard InChI is InChI=1S/C20H18FNO2/c1-14(20(24-13-23)16-7-9-17(21)10-8-16)18-11-22-12-19(18)15-5-3-2-4-6-15/h2-14,20,22H,1H3. The molecule has 0 aliphatic heterocycles. The van der Waals surface area contributed by atoms with Crippen molar-refractivity contribution >= 4 is 6.47 Å². The Morgan fingerprint density at radius 1 is 1.04 bits per heavy atom. The maximum atomic E-state index is 13.2. The largest absolute Gasteiger partial charge is 0.459 e. The molecular weight excluding hydrogens is 305 g/mol. The van der Waals surface area contributed by atoms with Crippen molar-refractivity contribution < 1.29 is 13.9 Å². The normalized spacial score (nSPS) is 13.2. The molecule has 2 unspecified atom stereocenters. The molecule has 0 aliphatic rings. The minimum absolute atomic E-state index is 0.0953. The van der Waals surface area contributed by atoms with Crippen molar-refractivity contribution in [3.05, 3.63) is 83.9 Å². The van der Waals surface area contributed by atoms with Crippen LogP contribution < -0.4 is 0 Å². The van der Waals surface area contributed by atoms with Crippen LogP contribution in [-0.2, 0) is 9.53 Å². The predicted molar refractivity (Wildman–Crippen MR) is 90.9 cm³/mol. The summed E-state index contributed by atoms with van der Waals surface area (Å²) >= 11 is 0. The molecule has 0 spiro atoms. The van der Waals surface area contributed by atoms with Crippen LogP contribution in [0.4, 0.5) is 4.39 Å². The molecule has 0 bridgehead atoms. The van der Waals surface area contributed by atoms with Crippen LogP contribution in [0.25, 0.3) is 11.1 Å². The fourth-order valence-electron chi connectivity index (χ4n) is 2.98. The Kier molecular flexibility index (Phi) is 4.75. The van der Waals surface area contributed by atoms with Crippen molar-refractivity contribution in [1.29, 1.82) is 0 Å². The van der Waals surface area contributed by atoms with Gasteiger partial charge in [-0.05, 0) is 28.8 Å². The number of aromatic amines is 1. The molecule has 2 aromatic carbocycles. The molecular formula is C20H18FNO2. The molecule has 1 aromatic heterocycles. The fourth-order valence-corrected chi connectivity index (χ4v) is 2.98. The Morgan fingerprint density at radius 3 is 2.42 bits per heavy atom. The number of rotatable bonds is 6. The van der Waals surface area contributed by atoms with Gasteiger partial charge in [0.2, 0.25) is 0 Å². The zero-order chi connectivity index (χ0) is 16.9. The van der Waals surface area contributed by atoms with Gasteiger partial charge in [-0.25, -0.2) is 4.39 Å². The predicted octanol–water partition coefficient (Wildman–Crippen LogP) is 4.84. The molecule has 0 aliphatic carbocycles. The van der Waals surface area contributed by atoms with Gasteiger partial charge < -0.3 is 9.72 Å². The van der Waals surface area contributed by atoms with Crippen molar-refractivity contribution in [3.63, 3.8) is 0 Å². The van der Waals surface area contributed by atoms with Crippen LogP contribution in [-0.4, -0.2) is 11.5 Å². The first-order valence-corrected chi connectivity index (χ1v) is 7.77. The monoisotopic (exact) mass is 323 g/mol. The molecule has 3 aromatic rings. The highest BCUT2D eigenvalue weighted by Crippen LogP contribution is 2.38. The van der Waals surface area contributed by atoms with Gasteiger partial charge in [0.15, 0.2) is 0 Å². The fraction of sp³-hybridized carbons (Fsp3) is 0.150. The lowest BCUT2D eigenvalue weighted by Gasteiger charge is -2.23. The highest BCUT2D eigenvalue weighted by atomic mass is 19.1. The number of carbonyl (C=O) groups is 1. The number of ether oxygens (including phenoxy) is 1. The van der Waals surface area contributed by atoms with Gasteiger partial charge in [-0.1, -0.05) is 49.4 Å². The Morgan fingerprint density at radius 2 is 1.75 bits per heavy atom. The Labute approximate surface area is 140 Å². The molecule has 0 amide bonds.